The molecule has 1 fully saturated rings. The van der Waals surface area contributed by atoms with E-state index in [0.29, 0.717) is 5.56 Å². The molecule has 0 unspecified atom stereocenters. The Labute approximate surface area is 149 Å². The fraction of sp³-hybridized carbons (Fsp3) is 0.400. The van der Waals surface area contributed by atoms with Gasteiger partial charge in [0.1, 0.15) is 0 Å². The van der Waals surface area contributed by atoms with Crippen molar-refractivity contribution in [2.24, 2.45) is 0 Å². The van der Waals surface area contributed by atoms with Crippen molar-refractivity contribution < 1.29 is 4.79 Å². The summed E-state index contributed by atoms with van der Waals surface area (Å²) in [5.41, 5.74) is 2.03. The van der Waals surface area contributed by atoms with Gasteiger partial charge in [0.05, 0.1) is 0 Å². The number of pyridine rings is 1. The van der Waals surface area contributed by atoms with Crippen LogP contribution in [0.2, 0.25) is 0 Å². The zero-order valence-corrected chi connectivity index (χ0v) is 14.8. The summed E-state index contributed by atoms with van der Waals surface area (Å²) in [6.45, 7) is 8.19. The number of hydrogen-bond acceptors (Lipinski definition) is 4. The standard InChI is InChI=1S/C20H26N4O/c1-17(22-20(25)19-7-9-21-10-8-19)15-23-11-13-24(14-12-23)16-18-5-3-2-4-6-18/h2-10,17H,11-16H2,1H3,(H,22,25)/t17-/m0/s1. The summed E-state index contributed by atoms with van der Waals surface area (Å²) < 4.78 is 0. The largest absolute Gasteiger partial charge is 0.348 e. The van der Waals surface area contributed by atoms with Gasteiger partial charge in [0, 0.05) is 63.3 Å². The van der Waals surface area contributed by atoms with Crippen LogP contribution in [0.1, 0.15) is 22.8 Å². The molecule has 0 spiro atoms. The number of piperazine rings is 1. The number of benzene rings is 1. The maximum absolute atomic E-state index is 12.2. The lowest BCUT2D eigenvalue weighted by Crippen LogP contribution is -2.50. The van der Waals surface area contributed by atoms with Gasteiger partial charge < -0.3 is 5.32 Å². The average molecular weight is 338 g/mol. The molecular weight excluding hydrogens is 312 g/mol. The first-order valence-electron chi connectivity index (χ1n) is 8.90. The minimum Gasteiger partial charge on any atom is -0.348 e. The van der Waals surface area contributed by atoms with Crippen molar-refractivity contribution in [1.29, 1.82) is 0 Å². The lowest BCUT2D eigenvalue weighted by atomic mass is 10.2. The topological polar surface area (TPSA) is 48.5 Å². The Balaban J connectivity index is 1.40. The van der Waals surface area contributed by atoms with Crippen molar-refractivity contribution in [2.45, 2.75) is 19.5 Å². The Hall–Kier alpha value is -2.24. The molecule has 1 N–H and O–H groups in total. The second kappa shape index (κ2) is 8.74. The number of nitrogens with zero attached hydrogens (tertiary/aromatic N) is 3. The smallest absolute Gasteiger partial charge is 0.251 e. The van der Waals surface area contributed by atoms with Crippen LogP contribution in [0.3, 0.4) is 0 Å². The Kier molecular flexibility index (Phi) is 6.14. The van der Waals surface area contributed by atoms with E-state index in [9.17, 15) is 4.79 Å². The molecule has 1 aliphatic rings. The van der Waals surface area contributed by atoms with Gasteiger partial charge in [0.25, 0.3) is 5.91 Å². The van der Waals surface area contributed by atoms with E-state index in [2.05, 4.69) is 57.4 Å². The van der Waals surface area contributed by atoms with Crippen LogP contribution >= 0.6 is 0 Å². The van der Waals surface area contributed by atoms with Crippen LogP contribution in [0.4, 0.5) is 0 Å². The Bertz CT molecular complexity index is 654. The summed E-state index contributed by atoms with van der Waals surface area (Å²) in [6.07, 6.45) is 3.29. The number of amides is 1. The van der Waals surface area contributed by atoms with E-state index in [1.165, 1.54) is 5.56 Å². The number of carbonyl (C=O) groups excluding carboxylic acids is 1. The lowest BCUT2D eigenvalue weighted by molar-refractivity contribution is 0.0900. The van der Waals surface area contributed by atoms with E-state index in [1.54, 1.807) is 24.5 Å². The second-order valence-corrected chi connectivity index (χ2v) is 6.67. The zero-order chi connectivity index (χ0) is 17.5. The van der Waals surface area contributed by atoms with Crippen LogP contribution in [0.25, 0.3) is 0 Å². The van der Waals surface area contributed by atoms with Gasteiger partial charge in [0.2, 0.25) is 0 Å². The molecule has 25 heavy (non-hydrogen) atoms. The highest BCUT2D eigenvalue weighted by Gasteiger charge is 2.19. The maximum atomic E-state index is 12.2. The zero-order valence-electron chi connectivity index (χ0n) is 14.8. The SMILES string of the molecule is C[C@@H](CN1CCN(Cc2ccccc2)CC1)NC(=O)c1ccncc1. The summed E-state index contributed by atoms with van der Waals surface area (Å²) in [6, 6.07) is 14.2. The van der Waals surface area contributed by atoms with Crippen LogP contribution < -0.4 is 5.32 Å². The average Bonchev–Trinajstić information content (AvgIpc) is 2.65. The Morgan fingerprint density at radius 3 is 2.36 bits per heavy atom. The summed E-state index contributed by atoms with van der Waals surface area (Å²) in [7, 11) is 0. The summed E-state index contributed by atoms with van der Waals surface area (Å²) in [5.74, 6) is -0.0300. The normalized spacial score (nSPS) is 17.2. The minimum atomic E-state index is -0.0300. The molecule has 0 radical (unpaired) electrons. The van der Waals surface area contributed by atoms with Gasteiger partial charge in [-0.1, -0.05) is 30.3 Å². The molecule has 1 aromatic heterocycles. The summed E-state index contributed by atoms with van der Waals surface area (Å²) in [4.78, 5) is 21.1. The van der Waals surface area contributed by atoms with Crippen molar-refractivity contribution in [3.63, 3.8) is 0 Å². The summed E-state index contributed by atoms with van der Waals surface area (Å²) in [5, 5.41) is 3.07. The van der Waals surface area contributed by atoms with Gasteiger partial charge in [-0.05, 0) is 24.6 Å². The van der Waals surface area contributed by atoms with Gasteiger partial charge in [-0.2, -0.15) is 0 Å². The van der Waals surface area contributed by atoms with Crippen LogP contribution in [-0.2, 0) is 6.54 Å². The minimum absolute atomic E-state index is 0.0300. The van der Waals surface area contributed by atoms with E-state index in [4.69, 9.17) is 0 Å². The van der Waals surface area contributed by atoms with E-state index >= 15 is 0 Å². The predicted octanol–water partition coefficient (Wildman–Crippen LogP) is 2.02. The quantitative estimate of drug-likeness (QED) is 0.875. The number of nitrogens with one attached hydrogen (secondary N) is 1. The van der Waals surface area contributed by atoms with Gasteiger partial charge in [-0.3, -0.25) is 19.6 Å². The second-order valence-electron chi connectivity index (χ2n) is 6.67. The van der Waals surface area contributed by atoms with Crippen LogP contribution in [0.15, 0.2) is 54.9 Å². The van der Waals surface area contributed by atoms with E-state index in [0.717, 1.165) is 39.3 Å². The fourth-order valence-corrected chi connectivity index (χ4v) is 3.21. The van der Waals surface area contributed by atoms with Crippen LogP contribution in [0, 0.1) is 0 Å². The highest BCUT2D eigenvalue weighted by molar-refractivity contribution is 5.94. The summed E-state index contributed by atoms with van der Waals surface area (Å²) >= 11 is 0. The lowest BCUT2D eigenvalue weighted by Gasteiger charge is -2.36. The molecule has 0 aliphatic carbocycles. The van der Waals surface area contributed by atoms with E-state index in [-0.39, 0.29) is 11.9 Å². The van der Waals surface area contributed by atoms with Gasteiger partial charge in [-0.25, -0.2) is 0 Å². The van der Waals surface area contributed by atoms with Crippen LogP contribution in [0.5, 0.6) is 0 Å². The van der Waals surface area contributed by atoms with Crippen LogP contribution in [-0.4, -0.2) is 59.5 Å². The molecule has 1 atom stereocenters. The third kappa shape index (κ3) is 5.37. The molecule has 0 bridgehead atoms. The molecule has 1 saturated heterocycles. The molecule has 5 heteroatoms. The van der Waals surface area contributed by atoms with Crippen molar-refractivity contribution >= 4 is 5.91 Å². The molecule has 132 valence electrons. The van der Waals surface area contributed by atoms with Gasteiger partial charge in [0.15, 0.2) is 0 Å². The molecule has 2 heterocycles. The monoisotopic (exact) mass is 338 g/mol. The number of rotatable bonds is 6. The molecular formula is C20H26N4O. The highest BCUT2D eigenvalue weighted by atomic mass is 16.1. The molecule has 5 nitrogen and oxygen atoms in total. The third-order valence-corrected chi connectivity index (χ3v) is 4.57. The van der Waals surface area contributed by atoms with E-state index in [1.807, 2.05) is 0 Å². The first kappa shape index (κ1) is 17.6. The molecule has 0 saturated carbocycles. The van der Waals surface area contributed by atoms with Crippen molar-refractivity contribution in [3.05, 3.63) is 66.0 Å². The number of hydrogen-bond donors (Lipinski definition) is 1. The number of aromatic nitrogens is 1. The van der Waals surface area contributed by atoms with Gasteiger partial charge >= 0.3 is 0 Å². The molecule has 2 aromatic rings. The molecule has 1 amide bonds. The highest BCUT2D eigenvalue weighted by Crippen LogP contribution is 2.09. The number of carbonyl (C=O) groups is 1. The first-order chi connectivity index (χ1) is 12.2. The maximum Gasteiger partial charge on any atom is 0.251 e. The molecule has 3 rings (SSSR count). The molecule has 1 aromatic carbocycles. The van der Waals surface area contributed by atoms with Crippen molar-refractivity contribution in [2.75, 3.05) is 32.7 Å². The van der Waals surface area contributed by atoms with Gasteiger partial charge in [-0.15, -0.1) is 0 Å². The van der Waals surface area contributed by atoms with E-state index < -0.39 is 0 Å². The molecule has 1 aliphatic heterocycles. The Morgan fingerprint density at radius 2 is 1.68 bits per heavy atom. The third-order valence-electron chi connectivity index (χ3n) is 4.57. The van der Waals surface area contributed by atoms with Crippen molar-refractivity contribution in [3.8, 4) is 0 Å². The Morgan fingerprint density at radius 1 is 1.04 bits per heavy atom. The fourth-order valence-electron chi connectivity index (χ4n) is 3.21. The first-order valence-corrected chi connectivity index (χ1v) is 8.90. The van der Waals surface area contributed by atoms with Crippen molar-refractivity contribution in [1.82, 2.24) is 20.1 Å². The predicted molar refractivity (Wildman–Crippen MR) is 99.3 cm³/mol.